The molecule has 2 rings (SSSR count). The van der Waals surface area contributed by atoms with Crippen LogP contribution in [-0.2, 0) is 0 Å². The molecule has 1 saturated carbocycles. The molecule has 1 aliphatic carbocycles. The summed E-state index contributed by atoms with van der Waals surface area (Å²) < 4.78 is 17.9. The fraction of sp³-hybridized carbons (Fsp3) is 0.538. The predicted molar refractivity (Wildman–Crippen MR) is 64.2 cm³/mol. The van der Waals surface area contributed by atoms with E-state index in [1.165, 1.54) is 39.2 Å². The number of aromatic nitrogens is 2. The van der Waals surface area contributed by atoms with E-state index >= 15 is 0 Å². The molecule has 4 heteroatoms. The summed E-state index contributed by atoms with van der Waals surface area (Å²) in [4.78, 5) is 7.90. The molecule has 3 nitrogen and oxygen atoms in total. The summed E-state index contributed by atoms with van der Waals surface area (Å²) in [6.07, 6.45) is 11.5. The summed E-state index contributed by atoms with van der Waals surface area (Å²) in [6, 6.07) is 0. The molecule has 0 radical (unpaired) electrons. The van der Waals surface area contributed by atoms with Crippen molar-refractivity contribution in [3.8, 4) is 5.88 Å². The molecule has 92 valence electrons. The van der Waals surface area contributed by atoms with Gasteiger partial charge in [0, 0.05) is 0 Å². The Balaban J connectivity index is 2.04. The molecular weight excluding hydrogens is 219 g/mol. The maximum atomic E-state index is 13.1. The molecule has 17 heavy (non-hydrogen) atoms. The van der Waals surface area contributed by atoms with Crippen molar-refractivity contribution in [3.05, 3.63) is 23.9 Å². The number of hydrogen-bond donors (Lipinski definition) is 0. The number of ether oxygens (including phenoxy) is 1. The van der Waals surface area contributed by atoms with Crippen LogP contribution in [0.1, 0.15) is 37.9 Å². The van der Waals surface area contributed by atoms with Crippen LogP contribution in [-0.4, -0.2) is 17.1 Å². The minimum absolute atomic E-state index is 0.00305. The average Bonchev–Trinajstić information content (AvgIpc) is 2.39. The average molecular weight is 236 g/mol. The van der Waals surface area contributed by atoms with Crippen LogP contribution in [0.15, 0.2) is 12.3 Å². The fourth-order valence-electron chi connectivity index (χ4n) is 2.14. The topological polar surface area (TPSA) is 35.0 Å². The van der Waals surface area contributed by atoms with Crippen LogP contribution in [0.5, 0.6) is 5.88 Å². The second kappa shape index (κ2) is 5.75. The molecule has 0 unspecified atom stereocenters. The Hall–Kier alpha value is -1.45. The van der Waals surface area contributed by atoms with Crippen molar-refractivity contribution in [3.63, 3.8) is 0 Å². The Kier molecular flexibility index (Phi) is 4.07. The van der Waals surface area contributed by atoms with E-state index in [1.807, 2.05) is 6.08 Å². The van der Waals surface area contributed by atoms with Gasteiger partial charge in [-0.2, -0.15) is 9.37 Å². The summed E-state index contributed by atoms with van der Waals surface area (Å²) in [5, 5.41) is 0. The second-order valence-corrected chi connectivity index (χ2v) is 4.34. The van der Waals surface area contributed by atoms with Crippen LogP contribution in [0.25, 0.3) is 6.08 Å². The van der Waals surface area contributed by atoms with Gasteiger partial charge in [-0.05, 0) is 24.8 Å². The SMILES string of the molecule is COc1nc(/C=C/C2CCCCC2)ncc1F. The minimum atomic E-state index is -0.526. The fourth-order valence-corrected chi connectivity index (χ4v) is 2.14. The molecule has 0 aliphatic heterocycles. The Morgan fingerprint density at radius 2 is 2.12 bits per heavy atom. The maximum Gasteiger partial charge on any atom is 0.253 e. The van der Waals surface area contributed by atoms with Crippen molar-refractivity contribution < 1.29 is 9.13 Å². The molecule has 1 aliphatic rings. The molecule has 0 saturated heterocycles. The van der Waals surface area contributed by atoms with Gasteiger partial charge in [0.25, 0.3) is 5.88 Å². The highest BCUT2D eigenvalue weighted by Gasteiger charge is 2.10. The van der Waals surface area contributed by atoms with Gasteiger partial charge in [-0.3, -0.25) is 0 Å². The summed E-state index contributed by atoms with van der Waals surface area (Å²) in [5.74, 6) is 0.600. The molecule has 1 aromatic heterocycles. The highest BCUT2D eigenvalue weighted by atomic mass is 19.1. The van der Waals surface area contributed by atoms with Crippen LogP contribution >= 0.6 is 0 Å². The largest absolute Gasteiger partial charge is 0.479 e. The lowest BCUT2D eigenvalue weighted by atomic mass is 9.89. The van der Waals surface area contributed by atoms with Gasteiger partial charge >= 0.3 is 0 Å². The number of rotatable bonds is 3. The molecule has 0 atom stereocenters. The van der Waals surface area contributed by atoms with E-state index in [-0.39, 0.29) is 5.88 Å². The number of nitrogens with zero attached hydrogens (tertiary/aromatic N) is 2. The molecule has 1 heterocycles. The summed E-state index contributed by atoms with van der Waals surface area (Å²) >= 11 is 0. The van der Waals surface area contributed by atoms with Gasteiger partial charge in [0.1, 0.15) is 0 Å². The number of methoxy groups -OCH3 is 1. The van der Waals surface area contributed by atoms with Crippen molar-refractivity contribution in [2.75, 3.05) is 7.11 Å². The van der Waals surface area contributed by atoms with Gasteiger partial charge in [0.15, 0.2) is 5.82 Å². The van der Waals surface area contributed by atoms with Gasteiger partial charge in [0.2, 0.25) is 5.82 Å². The Bertz CT molecular complexity index is 400. The van der Waals surface area contributed by atoms with Crippen LogP contribution in [0.4, 0.5) is 4.39 Å². The third kappa shape index (κ3) is 3.25. The van der Waals surface area contributed by atoms with Crippen molar-refractivity contribution >= 4 is 6.08 Å². The highest BCUT2D eigenvalue weighted by molar-refractivity contribution is 5.41. The number of allylic oxidation sites excluding steroid dienone is 1. The molecule has 0 amide bonds. The molecule has 0 N–H and O–H groups in total. The van der Waals surface area contributed by atoms with E-state index in [1.54, 1.807) is 0 Å². The first kappa shape index (κ1) is 12.0. The van der Waals surface area contributed by atoms with E-state index < -0.39 is 5.82 Å². The summed E-state index contributed by atoms with van der Waals surface area (Å²) in [6.45, 7) is 0. The van der Waals surface area contributed by atoms with E-state index in [0.717, 1.165) is 6.20 Å². The zero-order valence-corrected chi connectivity index (χ0v) is 10.0. The van der Waals surface area contributed by atoms with Gasteiger partial charge in [-0.1, -0.05) is 25.3 Å². The van der Waals surface area contributed by atoms with Crippen LogP contribution < -0.4 is 4.74 Å². The van der Waals surface area contributed by atoms with E-state index in [2.05, 4.69) is 16.0 Å². The minimum Gasteiger partial charge on any atom is -0.479 e. The maximum absolute atomic E-state index is 13.1. The van der Waals surface area contributed by atoms with E-state index in [9.17, 15) is 4.39 Å². The van der Waals surface area contributed by atoms with Crippen molar-refractivity contribution in [2.45, 2.75) is 32.1 Å². The van der Waals surface area contributed by atoms with E-state index in [0.29, 0.717) is 11.7 Å². The smallest absolute Gasteiger partial charge is 0.253 e. The predicted octanol–water partition coefficient (Wildman–Crippen LogP) is 3.22. The lowest BCUT2D eigenvalue weighted by Gasteiger charge is -2.17. The van der Waals surface area contributed by atoms with E-state index in [4.69, 9.17) is 4.74 Å². The van der Waals surface area contributed by atoms with Crippen LogP contribution in [0.2, 0.25) is 0 Å². The third-order valence-corrected chi connectivity index (χ3v) is 3.09. The monoisotopic (exact) mass is 236 g/mol. The zero-order chi connectivity index (χ0) is 12.1. The zero-order valence-electron chi connectivity index (χ0n) is 10.0. The molecular formula is C13H17FN2O. The van der Waals surface area contributed by atoms with Gasteiger partial charge < -0.3 is 4.74 Å². The van der Waals surface area contributed by atoms with Gasteiger partial charge in [-0.15, -0.1) is 0 Å². The first-order valence-corrected chi connectivity index (χ1v) is 6.04. The van der Waals surface area contributed by atoms with Crippen LogP contribution in [0.3, 0.4) is 0 Å². The van der Waals surface area contributed by atoms with Gasteiger partial charge in [-0.25, -0.2) is 4.98 Å². The van der Waals surface area contributed by atoms with Crippen molar-refractivity contribution in [1.82, 2.24) is 9.97 Å². The normalized spacial score (nSPS) is 17.5. The highest BCUT2D eigenvalue weighted by Crippen LogP contribution is 2.25. The Morgan fingerprint density at radius 1 is 1.35 bits per heavy atom. The Labute approximate surface area is 101 Å². The molecule has 1 aromatic rings. The second-order valence-electron chi connectivity index (χ2n) is 4.34. The lowest BCUT2D eigenvalue weighted by Crippen LogP contribution is -2.03. The quantitative estimate of drug-likeness (QED) is 0.808. The summed E-state index contributed by atoms with van der Waals surface area (Å²) in [5.41, 5.74) is 0. The first-order chi connectivity index (χ1) is 8.29. The Morgan fingerprint density at radius 3 is 2.82 bits per heavy atom. The number of halogens is 1. The molecule has 0 bridgehead atoms. The third-order valence-electron chi connectivity index (χ3n) is 3.09. The van der Waals surface area contributed by atoms with Crippen molar-refractivity contribution in [2.24, 2.45) is 5.92 Å². The lowest BCUT2D eigenvalue weighted by molar-refractivity contribution is 0.366. The molecule has 1 fully saturated rings. The number of hydrogen-bond acceptors (Lipinski definition) is 3. The summed E-state index contributed by atoms with van der Waals surface area (Å²) in [7, 11) is 1.40. The first-order valence-electron chi connectivity index (χ1n) is 6.04. The van der Waals surface area contributed by atoms with Crippen molar-refractivity contribution in [1.29, 1.82) is 0 Å². The molecule has 0 spiro atoms. The van der Waals surface area contributed by atoms with Crippen LogP contribution in [0, 0.1) is 11.7 Å². The molecule has 0 aromatic carbocycles. The standard InChI is InChI=1S/C13H17FN2O/c1-17-13-11(14)9-15-12(16-13)8-7-10-5-3-2-4-6-10/h7-10H,2-6H2,1H3/b8-7+. The van der Waals surface area contributed by atoms with Gasteiger partial charge in [0.05, 0.1) is 13.3 Å².